The van der Waals surface area contributed by atoms with E-state index in [0.717, 1.165) is 36.5 Å². The highest BCUT2D eigenvalue weighted by molar-refractivity contribution is 5.86. The molecule has 3 heteroatoms. The van der Waals surface area contributed by atoms with Gasteiger partial charge in [-0.05, 0) is 31.0 Å². The van der Waals surface area contributed by atoms with Gasteiger partial charge in [-0.1, -0.05) is 6.07 Å². The third-order valence-electron chi connectivity index (χ3n) is 2.86. The summed E-state index contributed by atoms with van der Waals surface area (Å²) in [5.41, 5.74) is 2.55. The van der Waals surface area contributed by atoms with Crippen LogP contribution in [0.4, 0.5) is 5.69 Å². The smallest absolute Gasteiger partial charge is 0.105 e. The van der Waals surface area contributed by atoms with Gasteiger partial charge in [0.25, 0.3) is 0 Å². The average molecular weight is 213 g/mol. The molecule has 0 N–H and O–H groups in total. The van der Waals surface area contributed by atoms with Crippen LogP contribution >= 0.6 is 0 Å². The molecule has 1 aliphatic rings. The Morgan fingerprint density at radius 3 is 2.88 bits per heavy atom. The summed E-state index contributed by atoms with van der Waals surface area (Å²) in [5, 5.41) is 9.05. The van der Waals surface area contributed by atoms with Crippen molar-refractivity contribution in [1.82, 2.24) is 4.90 Å². The molecule has 1 aromatic rings. The zero-order chi connectivity index (χ0) is 11.5. The third kappa shape index (κ3) is 2.06. The molecular formula is C13H15N3. The van der Waals surface area contributed by atoms with Crippen molar-refractivity contribution < 1.29 is 0 Å². The minimum absolute atomic E-state index is 0.660. The van der Waals surface area contributed by atoms with Crippen molar-refractivity contribution in [3.63, 3.8) is 0 Å². The minimum atomic E-state index is 0.660. The number of rotatable bonds is 1. The van der Waals surface area contributed by atoms with Crippen molar-refractivity contribution in [3.05, 3.63) is 29.3 Å². The van der Waals surface area contributed by atoms with Crippen LogP contribution in [0.25, 0.3) is 0 Å². The van der Waals surface area contributed by atoms with Crippen LogP contribution in [-0.2, 0) is 0 Å². The largest absolute Gasteiger partial charge is 0.363 e. The van der Waals surface area contributed by atoms with Gasteiger partial charge in [0.15, 0.2) is 0 Å². The number of aliphatic imine (C=N–C) groups is 1. The van der Waals surface area contributed by atoms with Crippen molar-refractivity contribution in [2.24, 2.45) is 4.99 Å². The number of likely N-dealkylation sites (tertiary alicyclic amines) is 1. The van der Waals surface area contributed by atoms with Crippen molar-refractivity contribution in [3.8, 4) is 6.07 Å². The summed E-state index contributed by atoms with van der Waals surface area (Å²) in [6.45, 7) is 3.05. The molecule has 0 amide bonds. The highest BCUT2D eigenvalue weighted by Crippen LogP contribution is 2.22. The Balaban J connectivity index is 2.38. The fraction of sp³-hybridized carbons (Fsp3) is 0.385. The highest BCUT2D eigenvalue weighted by atomic mass is 15.2. The number of benzene rings is 1. The first kappa shape index (κ1) is 10.7. The van der Waals surface area contributed by atoms with E-state index in [-0.39, 0.29) is 0 Å². The molecule has 1 fully saturated rings. The molecule has 1 saturated heterocycles. The van der Waals surface area contributed by atoms with Crippen molar-refractivity contribution in [2.75, 3.05) is 13.6 Å². The molecule has 16 heavy (non-hydrogen) atoms. The first-order chi connectivity index (χ1) is 7.70. The molecule has 0 saturated carbocycles. The predicted molar refractivity (Wildman–Crippen MR) is 64.9 cm³/mol. The van der Waals surface area contributed by atoms with Gasteiger partial charge in [-0.2, -0.15) is 5.26 Å². The van der Waals surface area contributed by atoms with Gasteiger partial charge in [-0.25, -0.2) is 4.99 Å². The summed E-state index contributed by atoms with van der Waals surface area (Å²) >= 11 is 0. The Morgan fingerprint density at radius 2 is 2.25 bits per heavy atom. The van der Waals surface area contributed by atoms with Crippen LogP contribution in [0.15, 0.2) is 23.2 Å². The lowest BCUT2D eigenvalue weighted by Crippen LogP contribution is -2.18. The van der Waals surface area contributed by atoms with E-state index in [2.05, 4.69) is 16.0 Å². The zero-order valence-electron chi connectivity index (χ0n) is 9.70. The van der Waals surface area contributed by atoms with E-state index in [1.807, 2.05) is 32.2 Å². The summed E-state index contributed by atoms with van der Waals surface area (Å²) in [6, 6.07) is 8.00. The summed E-state index contributed by atoms with van der Waals surface area (Å²) in [6.07, 6.45) is 2.17. The lowest BCUT2D eigenvalue weighted by molar-refractivity contribution is 0.550. The number of nitriles is 1. The van der Waals surface area contributed by atoms with Gasteiger partial charge >= 0.3 is 0 Å². The van der Waals surface area contributed by atoms with Gasteiger partial charge in [0.05, 0.1) is 11.3 Å². The second-order valence-corrected chi connectivity index (χ2v) is 4.19. The molecule has 0 radical (unpaired) electrons. The number of amidine groups is 1. The van der Waals surface area contributed by atoms with Gasteiger partial charge in [0, 0.05) is 20.0 Å². The minimum Gasteiger partial charge on any atom is -0.363 e. The van der Waals surface area contributed by atoms with Gasteiger partial charge < -0.3 is 4.90 Å². The maximum atomic E-state index is 9.05. The molecule has 0 atom stereocenters. The fourth-order valence-electron chi connectivity index (χ4n) is 1.91. The summed E-state index contributed by atoms with van der Waals surface area (Å²) < 4.78 is 0. The topological polar surface area (TPSA) is 39.4 Å². The summed E-state index contributed by atoms with van der Waals surface area (Å²) in [4.78, 5) is 6.72. The average Bonchev–Trinajstić information content (AvgIpc) is 2.67. The van der Waals surface area contributed by atoms with Crippen LogP contribution < -0.4 is 0 Å². The summed E-state index contributed by atoms with van der Waals surface area (Å²) in [7, 11) is 2.05. The van der Waals surface area contributed by atoms with Crippen LogP contribution in [0.1, 0.15) is 24.0 Å². The normalized spacial score (nSPS) is 17.8. The van der Waals surface area contributed by atoms with E-state index in [4.69, 9.17) is 5.26 Å². The van der Waals surface area contributed by atoms with Crippen LogP contribution in [0, 0.1) is 18.3 Å². The maximum Gasteiger partial charge on any atom is 0.105 e. The van der Waals surface area contributed by atoms with E-state index in [0.29, 0.717) is 5.56 Å². The van der Waals surface area contributed by atoms with E-state index in [9.17, 15) is 0 Å². The van der Waals surface area contributed by atoms with Crippen molar-refractivity contribution in [1.29, 1.82) is 5.26 Å². The molecule has 0 bridgehead atoms. The zero-order valence-corrected chi connectivity index (χ0v) is 9.70. The van der Waals surface area contributed by atoms with Gasteiger partial charge in [0.2, 0.25) is 0 Å². The molecule has 0 aliphatic carbocycles. The van der Waals surface area contributed by atoms with Crippen molar-refractivity contribution >= 4 is 11.5 Å². The second-order valence-electron chi connectivity index (χ2n) is 4.19. The molecule has 1 aliphatic heterocycles. The molecular weight excluding hydrogens is 198 g/mol. The van der Waals surface area contributed by atoms with E-state index in [1.54, 1.807) is 0 Å². The summed E-state index contributed by atoms with van der Waals surface area (Å²) in [5.74, 6) is 1.08. The van der Waals surface area contributed by atoms with E-state index in [1.165, 1.54) is 0 Å². The molecule has 0 unspecified atom stereocenters. The number of aryl methyl sites for hydroxylation is 1. The molecule has 1 aromatic carbocycles. The standard InChI is InChI=1S/C13H15N3/c1-10-5-6-12(11(8-10)9-14)15-13-4-3-7-16(13)2/h5-6,8H,3-4,7H2,1-2H3. The number of hydrogen-bond acceptors (Lipinski definition) is 2. The fourth-order valence-corrected chi connectivity index (χ4v) is 1.91. The number of hydrogen-bond donors (Lipinski definition) is 0. The van der Waals surface area contributed by atoms with Crippen LogP contribution in [0.2, 0.25) is 0 Å². The quantitative estimate of drug-likeness (QED) is 0.719. The van der Waals surface area contributed by atoms with E-state index >= 15 is 0 Å². The monoisotopic (exact) mass is 213 g/mol. The van der Waals surface area contributed by atoms with E-state index < -0.39 is 0 Å². The van der Waals surface area contributed by atoms with Crippen LogP contribution in [-0.4, -0.2) is 24.3 Å². The predicted octanol–water partition coefficient (Wildman–Crippen LogP) is 2.62. The van der Waals surface area contributed by atoms with Crippen molar-refractivity contribution in [2.45, 2.75) is 19.8 Å². The van der Waals surface area contributed by atoms with Gasteiger partial charge in [-0.15, -0.1) is 0 Å². The number of nitrogens with zero attached hydrogens (tertiary/aromatic N) is 3. The third-order valence-corrected chi connectivity index (χ3v) is 2.86. The molecule has 1 heterocycles. The lowest BCUT2D eigenvalue weighted by Gasteiger charge is -2.11. The molecule has 0 spiro atoms. The molecule has 82 valence electrons. The van der Waals surface area contributed by atoms with Crippen LogP contribution in [0.3, 0.4) is 0 Å². The second kappa shape index (κ2) is 4.36. The first-order valence-electron chi connectivity index (χ1n) is 5.50. The highest BCUT2D eigenvalue weighted by Gasteiger charge is 2.14. The maximum absolute atomic E-state index is 9.05. The SMILES string of the molecule is Cc1ccc(N=C2CCCN2C)c(C#N)c1. The molecule has 0 aromatic heterocycles. The Kier molecular flexibility index (Phi) is 2.91. The van der Waals surface area contributed by atoms with Gasteiger partial charge in [0.1, 0.15) is 11.9 Å². The first-order valence-corrected chi connectivity index (χ1v) is 5.50. The Hall–Kier alpha value is -1.82. The lowest BCUT2D eigenvalue weighted by atomic mass is 10.1. The van der Waals surface area contributed by atoms with Crippen LogP contribution in [0.5, 0.6) is 0 Å². The Labute approximate surface area is 96.0 Å². The molecule has 2 rings (SSSR count). The molecule has 3 nitrogen and oxygen atoms in total. The Bertz CT molecular complexity index is 469. The Morgan fingerprint density at radius 1 is 1.44 bits per heavy atom. The van der Waals surface area contributed by atoms with Gasteiger partial charge in [-0.3, -0.25) is 0 Å².